The van der Waals surface area contributed by atoms with E-state index in [1.165, 1.54) is 0 Å². The van der Waals surface area contributed by atoms with Crippen LogP contribution in [0.5, 0.6) is 11.5 Å². The number of ketones is 1. The van der Waals surface area contributed by atoms with Gasteiger partial charge in [-0.15, -0.1) is 0 Å². The minimum Gasteiger partial charge on any atom is -0.454 e. The molecule has 110 valence electrons. The third kappa shape index (κ3) is 3.49. The van der Waals surface area contributed by atoms with E-state index in [2.05, 4.69) is 18.7 Å². The molecule has 0 N–H and O–H groups in total. The summed E-state index contributed by atoms with van der Waals surface area (Å²) in [6, 6.07) is 5.61. The minimum atomic E-state index is 0.0769. The number of rotatable bonds is 7. The number of Topliss-reactive ketones (excluding diaryl/α,β-unsaturated/α-hetero) is 1. The lowest BCUT2D eigenvalue weighted by atomic mass is 10.1. The maximum Gasteiger partial charge on any atom is 0.231 e. The van der Waals surface area contributed by atoms with Gasteiger partial charge in [0, 0.05) is 25.3 Å². The maximum atomic E-state index is 12.3. The molecule has 0 amide bonds. The van der Waals surface area contributed by atoms with E-state index >= 15 is 0 Å². The van der Waals surface area contributed by atoms with Gasteiger partial charge in [0.2, 0.25) is 6.79 Å². The summed E-state index contributed by atoms with van der Waals surface area (Å²) in [6.45, 7) is 6.10. The Morgan fingerprint density at radius 3 is 2.80 bits per heavy atom. The van der Waals surface area contributed by atoms with E-state index in [1.54, 1.807) is 25.3 Å². The molecule has 0 atom stereocenters. The number of fused-ring (bicyclic) bond motifs is 1. The number of hydrogen-bond acceptors (Lipinski definition) is 5. The highest BCUT2D eigenvalue weighted by Crippen LogP contribution is 2.32. The fourth-order valence-corrected chi connectivity index (χ4v) is 2.07. The third-order valence-electron chi connectivity index (χ3n) is 3.35. The molecule has 0 saturated carbocycles. The Morgan fingerprint density at radius 1 is 1.35 bits per heavy atom. The van der Waals surface area contributed by atoms with Gasteiger partial charge in [-0.05, 0) is 32.0 Å². The number of hydrogen-bond donors (Lipinski definition) is 0. The van der Waals surface area contributed by atoms with Crippen molar-refractivity contribution in [2.45, 2.75) is 19.9 Å². The topological polar surface area (TPSA) is 48.0 Å². The number of nitrogens with zero attached hydrogens (tertiary/aromatic N) is 1. The summed E-state index contributed by atoms with van der Waals surface area (Å²) < 4.78 is 15.6. The van der Waals surface area contributed by atoms with Crippen LogP contribution in [0.3, 0.4) is 0 Å². The Bertz CT molecular complexity index is 473. The summed E-state index contributed by atoms with van der Waals surface area (Å²) in [7, 11) is 1.66. The molecule has 0 saturated heterocycles. The van der Waals surface area contributed by atoms with Gasteiger partial charge in [0.15, 0.2) is 17.3 Å². The average molecular weight is 279 g/mol. The van der Waals surface area contributed by atoms with Gasteiger partial charge in [0.25, 0.3) is 0 Å². The number of carbonyl (C=O) groups is 1. The first-order valence-corrected chi connectivity index (χ1v) is 6.77. The van der Waals surface area contributed by atoms with Crippen LogP contribution in [0.1, 0.15) is 24.2 Å². The summed E-state index contributed by atoms with van der Waals surface area (Å²) in [5.74, 6) is 1.42. The van der Waals surface area contributed by atoms with E-state index in [0.29, 0.717) is 36.3 Å². The summed E-state index contributed by atoms with van der Waals surface area (Å²) >= 11 is 0. The first-order valence-electron chi connectivity index (χ1n) is 6.77. The molecule has 1 aromatic rings. The first kappa shape index (κ1) is 14.8. The van der Waals surface area contributed by atoms with E-state index in [1.807, 2.05) is 0 Å². The number of methoxy groups -OCH3 is 1. The Balaban J connectivity index is 2.02. The molecule has 5 heteroatoms. The van der Waals surface area contributed by atoms with Crippen LogP contribution in [0.2, 0.25) is 0 Å². The molecule has 0 fully saturated rings. The van der Waals surface area contributed by atoms with Crippen molar-refractivity contribution in [3.63, 3.8) is 0 Å². The highest BCUT2D eigenvalue weighted by Gasteiger charge is 2.19. The molecular weight excluding hydrogens is 258 g/mol. The average Bonchev–Trinajstić information content (AvgIpc) is 2.90. The van der Waals surface area contributed by atoms with Crippen molar-refractivity contribution < 1.29 is 19.0 Å². The summed E-state index contributed by atoms with van der Waals surface area (Å²) in [5.41, 5.74) is 0.650. The van der Waals surface area contributed by atoms with Gasteiger partial charge in [0.1, 0.15) is 0 Å². The predicted molar refractivity (Wildman–Crippen MR) is 75.5 cm³/mol. The number of benzene rings is 1. The first-order chi connectivity index (χ1) is 9.61. The highest BCUT2D eigenvalue weighted by atomic mass is 16.7. The van der Waals surface area contributed by atoms with Crippen LogP contribution in [-0.2, 0) is 4.74 Å². The summed E-state index contributed by atoms with van der Waals surface area (Å²) in [4.78, 5) is 14.4. The molecule has 0 bridgehead atoms. The van der Waals surface area contributed by atoms with Crippen LogP contribution in [0.15, 0.2) is 18.2 Å². The SMILES string of the molecule is COCCN(CC(=O)c1ccc2c(c1)OCO2)C(C)C. The van der Waals surface area contributed by atoms with E-state index < -0.39 is 0 Å². The normalized spacial score (nSPS) is 13.2. The lowest BCUT2D eigenvalue weighted by molar-refractivity contribution is 0.0851. The van der Waals surface area contributed by atoms with Crippen LogP contribution >= 0.6 is 0 Å². The second-order valence-electron chi connectivity index (χ2n) is 5.05. The van der Waals surface area contributed by atoms with Gasteiger partial charge in [-0.2, -0.15) is 0 Å². The molecular formula is C15H21NO4. The predicted octanol–water partition coefficient (Wildman–Crippen LogP) is 1.95. The van der Waals surface area contributed by atoms with E-state index in [0.717, 1.165) is 6.54 Å². The Hall–Kier alpha value is -1.59. The van der Waals surface area contributed by atoms with Crippen LogP contribution in [0.25, 0.3) is 0 Å². The van der Waals surface area contributed by atoms with Gasteiger partial charge in [-0.3, -0.25) is 9.69 Å². The van der Waals surface area contributed by atoms with Crippen molar-refractivity contribution in [3.8, 4) is 11.5 Å². The second kappa shape index (κ2) is 6.72. The Labute approximate surface area is 119 Å². The zero-order valence-corrected chi connectivity index (χ0v) is 12.2. The minimum absolute atomic E-state index is 0.0769. The largest absolute Gasteiger partial charge is 0.454 e. The lowest BCUT2D eigenvalue weighted by Crippen LogP contribution is -2.38. The summed E-state index contributed by atoms with van der Waals surface area (Å²) in [5, 5.41) is 0. The molecule has 0 spiro atoms. The monoisotopic (exact) mass is 279 g/mol. The lowest BCUT2D eigenvalue weighted by Gasteiger charge is -2.25. The van der Waals surface area contributed by atoms with E-state index in [-0.39, 0.29) is 12.6 Å². The van der Waals surface area contributed by atoms with Crippen LogP contribution in [0.4, 0.5) is 0 Å². The van der Waals surface area contributed by atoms with Crippen molar-refractivity contribution in [3.05, 3.63) is 23.8 Å². The smallest absolute Gasteiger partial charge is 0.231 e. The van der Waals surface area contributed by atoms with Gasteiger partial charge in [-0.25, -0.2) is 0 Å². The fourth-order valence-electron chi connectivity index (χ4n) is 2.07. The van der Waals surface area contributed by atoms with Crippen molar-refractivity contribution in [2.75, 3.05) is 33.6 Å². The fraction of sp³-hybridized carbons (Fsp3) is 0.533. The Kier molecular flexibility index (Phi) is 4.98. The molecule has 1 aliphatic rings. The van der Waals surface area contributed by atoms with Gasteiger partial charge >= 0.3 is 0 Å². The molecule has 0 radical (unpaired) electrons. The second-order valence-corrected chi connectivity index (χ2v) is 5.05. The molecule has 2 rings (SSSR count). The highest BCUT2D eigenvalue weighted by molar-refractivity contribution is 5.98. The standard InChI is InChI=1S/C15H21NO4/c1-11(2)16(6-7-18-3)9-13(17)12-4-5-14-15(8-12)20-10-19-14/h4-5,8,11H,6-7,9-10H2,1-3H3. The van der Waals surface area contributed by atoms with Crippen LogP contribution in [-0.4, -0.2) is 50.3 Å². The molecule has 1 aromatic carbocycles. The van der Waals surface area contributed by atoms with Gasteiger partial charge in [0.05, 0.1) is 13.2 Å². The van der Waals surface area contributed by atoms with Gasteiger partial charge in [-0.1, -0.05) is 0 Å². The molecule has 1 heterocycles. The van der Waals surface area contributed by atoms with Crippen LogP contribution < -0.4 is 9.47 Å². The Morgan fingerprint density at radius 2 is 2.10 bits per heavy atom. The van der Waals surface area contributed by atoms with Crippen molar-refractivity contribution in [2.24, 2.45) is 0 Å². The number of ether oxygens (including phenoxy) is 3. The van der Waals surface area contributed by atoms with Crippen molar-refractivity contribution >= 4 is 5.78 Å². The van der Waals surface area contributed by atoms with E-state index in [4.69, 9.17) is 14.2 Å². The zero-order chi connectivity index (χ0) is 14.5. The van der Waals surface area contributed by atoms with Crippen molar-refractivity contribution in [1.82, 2.24) is 4.90 Å². The molecule has 20 heavy (non-hydrogen) atoms. The molecule has 0 aromatic heterocycles. The maximum absolute atomic E-state index is 12.3. The van der Waals surface area contributed by atoms with Crippen LogP contribution in [0, 0.1) is 0 Å². The molecule has 0 aliphatic carbocycles. The third-order valence-corrected chi connectivity index (χ3v) is 3.35. The van der Waals surface area contributed by atoms with Crippen molar-refractivity contribution in [1.29, 1.82) is 0 Å². The molecule has 0 unspecified atom stereocenters. The number of carbonyl (C=O) groups excluding carboxylic acids is 1. The quantitative estimate of drug-likeness (QED) is 0.714. The summed E-state index contributed by atoms with van der Waals surface area (Å²) in [6.07, 6.45) is 0. The molecule has 1 aliphatic heterocycles. The zero-order valence-electron chi connectivity index (χ0n) is 12.2. The van der Waals surface area contributed by atoms with E-state index in [9.17, 15) is 4.79 Å². The molecule has 5 nitrogen and oxygen atoms in total. The van der Waals surface area contributed by atoms with Gasteiger partial charge < -0.3 is 14.2 Å².